The van der Waals surface area contributed by atoms with Crippen molar-refractivity contribution in [2.45, 2.75) is 45.3 Å². The summed E-state index contributed by atoms with van der Waals surface area (Å²) in [5, 5.41) is 3.55. The molecule has 2 fully saturated rings. The van der Waals surface area contributed by atoms with Crippen LogP contribution in [0.5, 0.6) is 0 Å². The van der Waals surface area contributed by atoms with Crippen molar-refractivity contribution in [2.24, 2.45) is 5.92 Å². The highest BCUT2D eigenvalue weighted by Crippen LogP contribution is 2.21. The van der Waals surface area contributed by atoms with E-state index in [9.17, 15) is 0 Å². The first kappa shape index (κ1) is 18.7. The van der Waals surface area contributed by atoms with Crippen molar-refractivity contribution in [3.05, 3.63) is 35.9 Å². The van der Waals surface area contributed by atoms with E-state index in [1.165, 1.54) is 51.1 Å². The molecule has 0 spiro atoms. The van der Waals surface area contributed by atoms with Crippen LogP contribution in [0.25, 0.3) is 0 Å². The Morgan fingerprint density at radius 1 is 1.04 bits per heavy atom. The largest absolute Gasteiger partial charge is 0.316 e. The third-order valence-corrected chi connectivity index (χ3v) is 5.36. The molecule has 0 aromatic heterocycles. The first-order valence-electron chi connectivity index (χ1n) is 8.95. The van der Waals surface area contributed by atoms with Gasteiger partial charge in [-0.05, 0) is 51.3 Å². The molecule has 1 aromatic carbocycles. The number of benzene rings is 1. The van der Waals surface area contributed by atoms with E-state index in [1.807, 2.05) is 0 Å². The monoisotopic (exact) mass is 337 g/mol. The Balaban J connectivity index is 0.00000192. The Hall–Kier alpha value is -0.610. The summed E-state index contributed by atoms with van der Waals surface area (Å²) in [6, 6.07) is 12.2. The van der Waals surface area contributed by atoms with Crippen molar-refractivity contribution in [3.63, 3.8) is 0 Å². The van der Waals surface area contributed by atoms with Crippen LogP contribution in [0, 0.1) is 5.92 Å². The van der Waals surface area contributed by atoms with Gasteiger partial charge in [0.2, 0.25) is 0 Å². The van der Waals surface area contributed by atoms with Crippen LogP contribution in [0.1, 0.15) is 32.3 Å². The molecule has 3 unspecified atom stereocenters. The molecule has 2 aliphatic rings. The number of nitrogens with one attached hydrogen (secondary N) is 1. The van der Waals surface area contributed by atoms with Crippen molar-refractivity contribution in [1.82, 2.24) is 15.1 Å². The van der Waals surface area contributed by atoms with Crippen molar-refractivity contribution < 1.29 is 0 Å². The fourth-order valence-electron chi connectivity index (χ4n) is 3.97. The molecular weight excluding hydrogens is 306 g/mol. The molecule has 23 heavy (non-hydrogen) atoms. The van der Waals surface area contributed by atoms with Crippen LogP contribution in [0.3, 0.4) is 0 Å². The quantitative estimate of drug-likeness (QED) is 0.911. The predicted molar refractivity (Wildman–Crippen MR) is 100 cm³/mol. The Morgan fingerprint density at radius 3 is 2.43 bits per heavy atom. The minimum absolute atomic E-state index is 0. The van der Waals surface area contributed by atoms with Crippen LogP contribution in [0.15, 0.2) is 30.3 Å². The molecule has 2 heterocycles. The van der Waals surface area contributed by atoms with Gasteiger partial charge >= 0.3 is 0 Å². The molecule has 4 heteroatoms. The van der Waals surface area contributed by atoms with Gasteiger partial charge in [0.1, 0.15) is 0 Å². The highest BCUT2D eigenvalue weighted by Gasteiger charge is 2.30. The third kappa shape index (κ3) is 5.18. The first-order valence-corrected chi connectivity index (χ1v) is 8.95. The molecule has 130 valence electrons. The summed E-state index contributed by atoms with van der Waals surface area (Å²) in [4.78, 5) is 5.37. The summed E-state index contributed by atoms with van der Waals surface area (Å²) in [6.07, 6.45) is 2.75. The van der Waals surface area contributed by atoms with E-state index in [4.69, 9.17) is 0 Å². The summed E-state index contributed by atoms with van der Waals surface area (Å²) in [5.74, 6) is 0.851. The van der Waals surface area contributed by atoms with Crippen LogP contribution < -0.4 is 5.32 Å². The van der Waals surface area contributed by atoms with Gasteiger partial charge < -0.3 is 5.32 Å². The van der Waals surface area contributed by atoms with Gasteiger partial charge in [0, 0.05) is 38.3 Å². The minimum Gasteiger partial charge on any atom is -0.316 e. The molecule has 0 saturated carbocycles. The fraction of sp³-hybridized carbons (Fsp3) is 0.684. The minimum atomic E-state index is 0. The molecule has 1 aromatic rings. The van der Waals surface area contributed by atoms with E-state index < -0.39 is 0 Å². The summed E-state index contributed by atoms with van der Waals surface area (Å²) in [5.41, 5.74) is 1.44. The number of rotatable bonds is 4. The Kier molecular flexibility index (Phi) is 7.35. The van der Waals surface area contributed by atoms with Gasteiger partial charge in [-0.25, -0.2) is 0 Å². The zero-order valence-corrected chi connectivity index (χ0v) is 15.4. The van der Waals surface area contributed by atoms with Gasteiger partial charge in [0.05, 0.1) is 0 Å². The number of piperidine rings is 1. The van der Waals surface area contributed by atoms with E-state index >= 15 is 0 Å². The van der Waals surface area contributed by atoms with Gasteiger partial charge in [0.25, 0.3) is 0 Å². The lowest BCUT2D eigenvalue weighted by Crippen LogP contribution is -2.57. The molecule has 0 aliphatic carbocycles. The number of hydrogen-bond acceptors (Lipinski definition) is 3. The van der Waals surface area contributed by atoms with Crippen molar-refractivity contribution in [3.8, 4) is 0 Å². The first-order chi connectivity index (χ1) is 10.7. The highest BCUT2D eigenvalue weighted by atomic mass is 35.5. The summed E-state index contributed by atoms with van der Waals surface area (Å²) in [7, 11) is 0. The second-order valence-corrected chi connectivity index (χ2v) is 7.28. The SMILES string of the molecule is CC1CN(CC2CCCNC2)C(C)CN1Cc1ccccc1.Cl. The van der Waals surface area contributed by atoms with Gasteiger partial charge in [-0.1, -0.05) is 30.3 Å². The lowest BCUT2D eigenvalue weighted by atomic mass is 9.97. The molecule has 3 rings (SSSR count). The lowest BCUT2D eigenvalue weighted by Gasteiger charge is -2.45. The maximum atomic E-state index is 3.55. The lowest BCUT2D eigenvalue weighted by molar-refractivity contribution is 0.0260. The maximum absolute atomic E-state index is 3.55. The molecule has 1 N–H and O–H groups in total. The van der Waals surface area contributed by atoms with Gasteiger partial charge in [-0.15, -0.1) is 12.4 Å². The summed E-state index contributed by atoms with van der Waals surface area (Å²) < 4.78 is 0. The van der Waals surface area contributed by atoms with E-state index in [0.29, 0.717) is 12.1 Å². The van der Waals surface area contributed by atoms with Crippen LogP contribution in [-0.2, 0) is 6.54 Å². The Morgan fingerprint density at radius 2 is 1.74 bits per heavy atom. The van der Waals surface area contributed by atoms with Crippen molar-refractivity contribution in [2.75, 3.05) is 32.7 Å². The van der Waals surface area contributed by atoms with E-state index in [1.54, 1.807) is 0 Å². The molecular formula is C19H32ClN3. The molecule has 2 saturated heterocycles. The zero-order chi connectivity index (χ0) is 15.4. The second-order valence-electron chi connectivity index (χ2n) is 7.28. The Labute approximate surface area is 147 Å². The van der Waals surface area contributed by atoms with Crippen LogP contribution in [0.4, 0.5) is 0 Å². The van der Waals surface area contributed by atoms with Gasteiger partial charge in [-0.3, -0.25) is 9.80 Å². The summed E-state index contributed by atoms with van der Waals surface area (Å²) >= 11 is 0. The van der Waals surface area contributed by atoms with E-state index in [0.717, 1.165) is 12.5 Å². The number of piperazine rings is 1. The van der Waals surface area contributed by atoms with Crippen LogP contribution in [0.2, 0.25) is 0 Å². The van der Waals surface area contributed by atoms with Crippen LogP contribution in [-0.4, -0.2) is 54.6 Å². The average molecular weight is 338 g/mol. The highest BCUT2D eigenvalue weighted by molar-refractivity contribution is 5.85. The molecule has 2 aliphatic heterocycles. The summed E-state index contributed by atoms with van der Waals surface area (Å²) in [6.45, 7) is 12.0. The third-order valence-electron chi connectivity index (χ3n) is 5.36. The molecule has 0 bridgehead atoms. The second kappa shape index (κ2) is 9.03. The Bertz CT molecular complexity index is 447. The molecule has 3 atom stereocenters. The van der Waals surface area contributed by atoms with Gasteiger partial charge in [-0.2, -0.15) is 0 Å². The fourth-order valence-corrected chi connectivity index (χ4v) is 3.97. The molecule has 3 nitrogen and oxygen atoms in total. The van der Waals surface area contributed by atoms with E-state index in [-0.39, 0.29) is 12.4 Å². The average Bonchev–Trinajstić information content (AvgIpc) is 2.54. The number of hydrogen-bond donors (Lipinski definition) is 1. The molecule has 0 radical (unpaired) electrons. The van der Waals surface area contributed by atoms with Crippen molar-refractivity contribution >= 4 is 12.4 Å². The smallest absolute Gasteiger partial charge is 0.0237 e. The molecule has 0 amide bonds. The van der Waals surface area contributed by atoms with Crippen LogP contribution >= 0.6 is 12.4 Å². The maximum Gasteiger partial charge on any atom is 0.0237 e. The number of nitrogens with zero attached hydrogens (tertiary/aromatic N) is 2. The van der Waals surface area contributed by atoms with Gasteiger partial charge in [0.15, 0.2) is 0 Å². The van der Waals surface area contributed by atoms with E-state index in [2.05, 4.69) is 59.3 Å². The topological polar surface area (TPSA) is 18.5 Å². The zero-order valence-electron chi connectivity index (χ0n) is 14.6. The predicted octanol–water partition coefficient (Wildman–Crippen LogP) is 3.00. The van der Waals surface area contributed by atoms with Crippen molar-refractivity contribution in [1.29, 1.82) is 0 Å². The standard InChI is InChI=1S/C19H31N3.ClH/c1-16-13-22(15-19-9-6-10-20-11-19)17(2)12-21(16)14-18-7-4-3-5-8-18;/h3-5,7-8,16-17,19-20H,6,9-15H2,1-2H3;1H. The normalized spacial score (nSPS) is 29.9. The number of halogens is 1.